The Morgan fingerprint density at radius 1 is 1.27 bits per heavy atom. The fourth-order valence-corrected chi connectivity index (χ4v) is 4.44. The van der Waals surface area contributed by atoms with Crippen LogP contribution in [0.5, 0.6) is 0 Å². The van der Waals surface area contributed by atoms with Gasteiger partial charge in [-0.1, -0.05) is 12.1 Å². The summed E-state index contributed by atoms with van der Waals surface area (Å²) in [6.07, 6.45) is 3.69. The molecule has 1 atom stereocenters. The molecule has 1 N–H and O–H groups in total. The highest BCUT2D eigenvalue weighted by Gasteiger charge is 2.22. The number of thiophene rings is 1. The van der Waals surface area contributed by atoms with Crippen LogP contribution in [-0.2, 0) is 0 Å². The van der Waals surface area contributed by atoms with E-state index in [0.29, 0.717) is 23.5 Å². The van der Waals surface area contributed by atoms with E-state index < -0.39 is 0 Å². The zero-order valence-electron chi connectivity index (χ0n) is 16.5. The van der Waals surface area contributed by atoms with Gasteiger partial charge in [-0.05, 0) is 66.1 Å². The lowest BCUT2D eigenvalue weighted by atomic mass is 9.93. The van der Waals surface area contributed by atoms with E-state index in [2.05, 4.69) is 20.8 Å². The fraction of sp³-hybridized carbons (Fsp3) is 0.238. The SMILES string of the molecule is Cc1sc(-n2cnnn2)c(C(=O)NCC[C@H](c2ccc(F)cc2)c2ccco2)c1C. The van der Waals surface area contributed by atoms with Crippen molar-refractivity contribution in [3.8, 4) is 5.00 Å². The first kappa shape index (κ1) is 20.0. The molecule has 0 spiro atoms. The average molecular weight is 425 g/mol. The molecule has 0 aliphatic carbocycles. The van der Waals surface area contributed by atoms with E-state index in [1.54, 1.807) is 18.4 Å². The van der Waals surface area contributed by atoms with Crippen LogP contribution < -0.4 is 5.32 Å². The van der Waals surface area contributed by atoms with Crippen molar-refractivity contribution in [2.45, 2.75) is 26.2 Å². The Morgan fingerprint density at radius 2 is 2.07 bits per heavy atom. The van der Waals surface area contributed by atoms with Crippen molar-refractivity contribution in [3.63, 3.8) is 0 Å². The van der Waals surface area contributed by atoms with Crippen molar-refractivity contribution in [1.82, 2.24) is 25.5 Å². The van der Waals surface area contributed by atoms with E-state index in [9.17, 15) is 9.18 Å². The number of hydrogen-bond donors (Lipinski definition) is 1. The summed E-state index contributed by atoms with van der Waals surface area (Å²) >= 11 is 1.47. The highest BCUT2D eigenvalue weighted by molar-refractivity contribution is 7.15. The minimum atomic E-state index is -0.288. The van der Waals surface area contributed by atoms with Gasteiger partial charge in [0.2, 0.25) is 0 Å². The van der Waals surface area contributed by atoms with Gasteiger partial charge in [0, 0.05) is 17.3 Å². The summed E-state index contributed by atoms with van der Waals surface area (Å²) in [4.78, 5) is 14.0. The topological polar surface area (TPSA) is 85.8 Å². The summed E-state index contributed by atoms with van der Waals surface area (Å²) in [5.74, 6) is 0.210. The predicted molar refractivity (Wildman–Crippen MR) is 110 cm³/mol. The lowest BCUT2D eigenvalue weighted by molar-refractivity contribution is 0.0952. The Hall–Kier alpha value is -3.33. The number of aromatic nitrogens is 4. The van der Waals surface area contributed by atoms with Crippen LogP contribution in [-0.4, -0.2) is 32.7 Å². The van der Waals surface area contributed by atoms with Gasteiger partial charge in [-0.2, -0.15) is 4.68 Å². The van der Waals surface area contributed by atoms with Crippen molar-refractivity contribution < 1.29 is 13.6 Å². The van der Waals surface area contributed by atoms with Gasteiger partial charge in [-0.25, -0.2) is 4.39 Å². The van der Waals surface area contributed by atoms with E-state index in [4.69, 9.17) is 4.42 Å². The molecule has 0 fully saturated rings. The average Bonchev–Trinajstić information content (AvgIpc) is 3.49. The van der Waals surface area contributed by atoms with Crippen molar-refractivity contribution >= 4 is 17.2 Å². The smallest absolute Gasteiger partial charge is 0.254 e. The number of furan rings is 1. The van der Waals surface area contributed by atoms with Crippen LogP contribution in [0.15, 0.2) is 53.4 Å². The van der Waals surface area contributed by atoms with Gasteiger partial charge in [0.25, 0.3) is 5.91 Å². The van der Waals surface area contributed by atoms with Gasteiger partial charge in [0.05, 0.1) is 11.8 Å². The number of hydrogen-bond acceptors (Lipinski definition) is 6. The summed E-state index contributed by atoms with van der Waals surface area (Å²) in [5.41, 5.74) is 2.41. The first-order valence-electron chi connectivity index (χ1n) is 9.45. The summed E-state index contributed by atoms with van der Waals surface area (Å²) in [6.45, 7) is 4.30. The largest absolute Gasteiger partial charge is 0.469 e. The third kappa shape index (κ3) is 4.02. The standard InChI is InChI=1S/C21H20FN5O2S/c1-13-14(2)30-21(27-12-24-25-26-27)19(13)20(28)23-10-9-17(18-4-3-11-29-18)15-5-7-16(22)8-6-15/h3-8,11-12,17H,9-10H2,1-2H3,(H,23,28)/t17-/m1/s1. The maximum atomic E-state index is 13.3. The molecular weight excluding hydrogens is 405 g/mol. The van der Waals surface area contributed by atoms with Gasteiger partial charge in [-0.15, -0.1) is 16.4 Å². The summed E-state index contributed by atoms with van der Waals surface area (Å²) in [5, 5.41) is 14.9. The van der Waals surface area contributed by atoms with Gasteiger partial charge in [0.1, 0.15) is 22.9 Å². The number of carbonyl (C=O) groups excluding carboxylic acids is 1. The number of tetrazole rings is 1. The minimum absolute atomic E-state index is 0.0924. The Bertz CT molecular complexity index is 1120. The van der Waals surface area contributed by atoms with Crippen LogP contribution in [0.1, 0.15) is 44.5 Å². The number of nitrogens with one attached hydrogen (secondary N) is 1. The molecule has 0 aliphatic heterocycles. The van der Waals surface area contributed by atoms with E-state index in [1.165, 1.54) is 34.5 Å². The monoisotopic (exact) mass is 425 g/mol. The van der Waals surface area contributed by atoms with Gasteiger partial charge >= 0.3 is 0 Å². The molecule has 1 aromatic carbocycles. The number of benzene rings is 1. The normalized spacial score (nSPS) is 12.1. The third-order valence-corrected chi connectivity index (χ3v) is 6.23. The van der Waals surface area contributed by atoms with E-state index in [0.717, 1.165) is 21.8 Å². The number of amides is 1. The van der Waals surface area contributed by atoms with Crippen LogP contribution in [0.25, 0.3) is 5.00 Å². The summed E-state index contributed by atoms with van der Waals surface area (Å²) in [6, 6.07) is 10.1. The third-order valence-electron chi connectivity index (χ3n) is 5.03. The Balaban J connectivity index is 1.50. The van der Waals surface area contributed by atoms with Crippen molar-refractivity contribution in [2.75, 3.05) is 6.54 Å². The van der Waals surface area contributed by atoms with Crippen LogP contribution in [0, 0.1) is 19.7 Å². The molecule has 154 valence electrons. The number of carbonyl (C=O) groups is 1. The molecule has 7 nitrogen and oxygen atoms in total. The molecule has 3 aromatic heterocycles. The molecule has 0 saturated heterocycles. The van der Waals surface area contributed by atoms with E-state index in [-0.39, 0.29) is 17.6 Å². The molecule has 0 radical (unpaired) electrons. The number of rotatable bonds is 7. The van der Waals surface area contributed by atoms with Gasteiger partial charge in [0.15, 0.2) is 0 Å². The molecular formula is C21H20FN5O2S. The first-order valence-corrected chi connectivity index (χ1v) is 10.3. The molecule has 0 unspecified atom stereocenters. The molecule has 0 saturated carbocycles. The number of nitrogens with zero attached hydrogens (tertiary/aromatic N) is 4. The number of halogens is 1. The fourth-order valence-electron chi connectivity index (χ4n) is 3.37. The molecule has 30 heavy (non-hydrogen) atoms. The van der Waals surface area contributed by atoms with E-state index >= 15 is 0 Å². The molecule has 9 heteroatoms. The van der Waals surface area contributed by atoms with Crippen molar-refractivity contribution in [3.05, 3.63) is 82.1 Å². The zero-order chi connectivity index (χ0) is 21.1. The van der Waals surface area contributed by atoms with Crippen molar-refractivity contribution in [1.29, 1.82) is 0 Å². The van der Waals surface area contributed by atoms with Crippen LogP contribution in [0.3, 0.4) is 0 Å². The molecule has 1 amide bonds. The second-order valence-corrected chi connectivity index (χ2v) is 8.09. The maximum Gasteiger partial charge on any atom is 0.254 e. The van der Waals surface area contributed by atoms with Crippen LogP contribution in [0.2, 0.25) is 0 Å². The second-order valence-electron chi connectivity index (χ2n) is 6.88. The molecule has 0 aliphatic rings. The second kappa shape index (κ2) is 8.58. The van der Waals surface area contributed by atoms with Gasteiger partial charge in [-0.3, -0.25) is 4.79 Å². The highest BCUT2D eigenvalue weighted by atomic mass is 32.1. The minimum Gasteiger partial charge on any atom is -0.469 e. The Labute approximate surface area is 176 Å². The van der Waals surface area contributed by atoms with Crippen LogP contribution >= 0.6 is 11.3 Å². The Morgan fingerprint density at radius 3 is 2.73 bits per heavy atom. The lowest BCUT2D eigenvalue weighted by Gasteiger charge is -2.16. The molecule has 3 heterocycles. The lowest BCUT2D eigenvalue weighted by Crippen LogP contribution is -2.27. The maximum absolute atomic E-state index is 13.3. The first-order chi connectivity index (χ1) is 14.5. The zero-order valence-corrected chi connectivity index (χ0v) is 17.3. The van der Waals surface area contributed by atoms with E-state index in [1.807, 2.05) is 26.0 Å². The van der Waals surface area contributed by atoms with Gasteiger partial charge < -0.3 is 9.73 Å². The molecule has 4 aromatic rings. The van der Waals surface area contributed by atoms with Crippen LogP contribution in [0.4, 0.5) is 4.39 Å². The summed E-state index contributed by atoms with van der Waals surface area (Å²) in [7, 11) is 0. The van der Waals surface area contributed by atoms with Crippen molar-refractivity contribution in [2.24, 2.45) is 0 Å². The molecule has 4 rings (SSSR count). The Kier molecular flexibility index (Phi) is 5.71. The highest BCUT2D eigenvalue weighted by Crippen LogP contribution is 2.31. The molecule has 0 bridgehead atoms. The predicted octanol–water partition coefficient (Wildman–Crippen LogP) is 4.02. The quantitative estimate of drug-likeness (QED) is 0.483. The summed E-state index contributed by atoms with van der Waals surface area (Å²) < 4.78 is 20.4. The number of aryl methyl sites for hydroxylation is 1.